The molecule has 0 unspecified atom stereocenters. The molecule has 0 radical (unpaired) electrons. The lowest BCUT2D eigenvalue weighted by Gasteiger charge is -2.07. The van der Waals surface area contributed by atoms with Crippen molar-refractivity contribution in [3.63, 3.8) is 0 Å². The molecule has 3 rings (SSSR count). The summed E-state index contributed by atoms with van der Waals surface area (Å²) < 4.78 is 6.54. The van der Waals surface area contributed by atoms with Crippen LogP contribution in [0.1, 0.15) is 16.1 Å². The van der Waals surface area contributed by atoms with E-state index in [1.165, 1.54) is 17.9 Å². The van der Waals surface area contributed by atoms with Crippen molar-refractivity contribution in [2.24, 2.45) is 0 Å². The van der Waals surface area contributed by atoms with Crippen LogP contribution in [0.3, 0.4) is 0 Å². The average molecular weight is 310 g/mol. The highest BCUT2D eigenvalue weighted by Gasteiger charge is 2.17. The first-order valence-corrected chi connectivity index (χ1v) is 6.85. The van der Waals surface area contributed by atoms with Crippen molar-refractivity contribution in [3.05, 3.63) is 54.0 Å². The number of carboxylic acid groups (broad SMARTS) is 1. The largest absolute Gasteiger partial charge is 0.481 e. The fourth-order valence-corrected chi connectivity index (χ4v) is 2.10. The molecule has 0 aliphatic heterocycles. The van der Waals surface area contributed by atoms with Gasteiger partial charge in [0, 0.05) is 18.3 Å². The molecule has 116 valence electrons. The van der Waals surface area contributed by atoms with E-state index in [0.29, 0.717) is 23.0 Å². The number of hydrogen-bond donors (Lipinski definition) is 1. The van der Waals surface area contributed by atoms with Crippen LogP contribution in [0.4, 0.5) is 0 Å². The zero-order valence-corrected chi connectivity index (χ0v) is 12.6. The van der Waals surface area contributed by atoms with Crippen LogP contribution in [0.15, 0.2) is 42.7 Å². The summed E-state index contributed by atoms with van der Waals surface area (Å²) in [6.45, 7) is 1.93. The zero-order valence-electron chi connectivity index (χ0n) is 12.6. The second-order valence-corrected chi connectivity index (χ2v) is 4.91. The third-order valence-electron chi connectivity index (χ3n) is 3.28. The molecule has 0 aliphatic carbocycles. The lowest BCUT2D eigenvalue weighted by atomic mass is 10.2. The molecule has 3 aromatic rings. The van der Waals surface area contributed by atoms with E-state index >= 15 is 0 Å². The second-order valence-electron chi connectivity index (χ2n) is 4.91. The van der Waals surface area contributed by atoms with E-state index in [1.54, 1.807) is 24.5 Å². The highest BCUT2D eigenvalue weighted by atomic mass is 16.5. The third-order valence-corrected chi connectivity index (χ3v) is 3.28. The number of hydrogen-bond acceptors (Lipinski definition) is 5. The number of carboxylic acids is 1. The molecule has 0 aliphatic rings. The Hall–Kier alpha value is -3.22. The Morgan fingerprint density at radius 2 is 2.00 bits per heavy atom. The maximum atomic E-state index is 11.3. The maximum Gasteiger partial charge on any atom is 0.356 e. The second kappa shape index (κ2) is 5.88. The van der Waals surface area contributed by atoms with Gasteiger partial charge in [0.15, 0.2) is 5.69 Å². The minimum atomic E-state index is -1.10. The highest BCUT2D eigenvalue weighted by Crippen LogP contribution is 2.23. The predicted molar refractivity (Wildman–Crippen MR) is 82.8 cm³/mol. The summed E-state index contributed by atoms with van der Waals surface area (Å²) in [4.78, 5) is 19.7. The Morgan fingerprint density at radius 1 is 1.17 bits per heavy atom. The normalized spacial score (nSPS) is 10.5. The number of ether oxygens (including phenoxy) is 1. The first-order chi connectivity index (χ1) is 11.1. The quantitative estimate of drug-likeness (QED) is 0.795. The van der Waals surface area contributed by atoms with Crippen LogP contribution in [0.5, 0.6) is 5.88 Å². The standard InChI is InChI=1S/C16H14N4O3/c1-10-3-5-12(17-8-10)14-7-13(16(21)22)19-20(14)11-4-6-15(23-2)18-9-11/h3-9H,1-2H3,(H,21,22). The summed E-state index contributed by atoms with van der Waals surface area (Å²) >= 11 is 0. The summed E-state index contributed by atoms with van der Waals surface area (Å²) in [6, 6.07) is 8.66. The highest BCUT2D eigenvalue weighted by molar-refractivity contribution is 5.87. The van der Waals surface area contributed by atoms with Crippen LogP contribution in [-0.2, 0) is 0 Å². The Labute approximate surface area is 132 Å². The number of carbonyl (C=O) groups is 1. The van der Waals surface area contributed by atoms with Crippen molar-refractivity contribution in [1.82, 2.24) is 19.7 Å². The molecule has 3 heterocycles. The number of nitrogens with zero attached hydrogens (tertiary/aromatic N) is 4. The van der Waals surface area contributed by atoms with Crippen molar-refractivity contribution in [2.75, 3.05) is 7.11 Å². The van der Waals surface area contributed by atoms with Gasteiger partial charge in [-0.15, -0.1) is 0 Å². The average Bonchev–Trinajstić information content (AvgIpc) is 3.01. The maximum absolute atomic E-state index is 11.3. The summed E-state index contributed by atoms with van der Waals surface area (Å²) in [7, 11) is 1.53. The van der Waals surface area contributed by atoms with E-state index in [1.807, 2.05) is 19.1 Å². The molecule has 1 N–H and O–H groups in total. The Kier molecular flexibility index (Phi) is 3.76. The predicted octanol–water partition coefficient (Wildman–Crippen LogP) is 2.34. The molecule has 23 heavy (non-hydrogen) atoms. The van der Waals surface area contributed by atoms with Crippen LogP contribution in [0.25, 0.3) is 17.1 Å². The topological polar surface area (TPSA) is 90.1 Å². The number of rotatable bonds is 4. The van der Waals surface area contributed by atoms with E-state index < -0.39 is 5.97 Å². The van der Waals surface area contributed by atoms with Crippen LogP contribution >= 0.6 is 0 Å². The third kappa shape index (κ3) is 2.89. The monoisotopic (exact) mass is 310 g/mol. The summed E-state index contributed by atoms with van der Waals surface area (Å²) in [5.41, 5.74) is 2.79. The van der Waals surface area contributed by atoms with E-state index in [4.69, 9.17) is 4.74 Å². The molecular weight excluding hydrogens is 296 g/mol. The van der Waals surface area contributed by atoms with Crippen molar-refractivity contribution in [2.45, 2.75) is 6.92 Å². The van der Waals surface area contributed by atoms with Crippen LogP contribution in [0, 0.1) is 6.92 Å². The zero-order chi connectivity index (χ0) is 16.4. The van der Waals surface area contributed by atoms with Gasteiger partial charge in [-0.3, -0.25) is 4.98 Å². The lowest BCUT2D eigenvalue weighted by molar-refractivity contribution is 0.0690. The first kappa shape index (κ1) is 14.7. The SMILES string of the molecule is COc1ccc(-n2nc(C(=O)O)cc2-c2ccc(C)cn2)cn1. The fraction of sp³-hybridized carbons (Fsp3) is 0.125. The molecule has 7 heteroatoms. The van der Waals surface area contributed by atoms with E-state index in [-0.39, 0.29) is 5.69 Å². The number of aromatic nitrogens is 4. The summed E-state index contributed by atoms with van der Waals surface area (Å²) in [5, 5.41) is 13.3. The van der Waals surface area contributed by atoms with Crippen molar-refractivity contribution in [3.8, 4) is 23.0 Å². The Balaban J connectivity index is 2.13. The van der Waals surface area contributed by atoms with Crippen LogP contribution in [0.2, 0.25) is 0 Å². The van der Waals surface area contributed by atoms with Crippen molar-refractivity contribution in [1.29, 1.82) is 0 Å². The lowest BCUT2D eigenvalue weighted by Crippen LogP contribution is -2.03. The van der Waals surface area contributed by atoms with Crippen molar-refractivity contribution < 1.29 is 14.6 Å². The van der Waals surface area contributed by atoms with Crippen LogP contribution < -0.4 is 4.74 Å². The van der Waals surface area contributed by atoms with Gasteiger partial charge in [0.1, 0.15) is 0 Å². The van der Waals surface area contributed by atoms with Crippen LogP contribution in [-0.4, -0.2) is 37.9 Å². The molecule has 0 aromatic carbocycles. The van der Waals surface area contributed by atoms with Gasteiger partial charge < -0.3 is 9.84 Å². The minimum Gasteiger partial charge on any atom is -0.481 e. The molecule has 0 saturated carbocycles. The molecule has 0 amide bonds. The Bertz CT molecular complexity index is 839. The van der Waals surface area contributed by atoms with E-state index in [2.05, 4.69) is 15.1 Å². The number of aromatic carboxylic acids is 1. The van der Waals surface area contributed by atoms with Crippen molar-refractivity contribution >= 4 is 5.97 Å². The van der Waals surface area contributed by atoms with Gasteiger partial charge in [0.05, 0.1) is 30.4 Å². The number of methoxy groups -OCH3 is 1. The van der Waals surface area contributed by atoms with E-state index in [0.717, 1.165) is 5.56 Å². The molecule has 0 atom stereocenters. The molecule has 7 nitrogen and oxygen atoms in total. The molecule has 3 aromatic heterocycles. The van der Waals surface area contributed by atoms with E-state index in [9.17, 15) is 9.90 Å². The summed E-state index contributed by atoms with van der Waals surface area (Å²) in [5.74, 6) is -0.632. The molecule has 0 saturated heterocycles. The summed E-state index contributed by atoms with van der Waals surface area (Å²) in [6.07, 6.45) is 3.29. The van der Waals surface area contributed by atoms with Gasteiger partial charge in [-0.05, 0) is 24.6 Å². The molecule has 0 spiro atoms. The molecule has 0 fully saturated rings. The van der Waals surface area contributed by atoms with Gasteiger partial charge in [0.25, 0.3) is 0 Å². The van der Waals surface area contributed by atoms with Gasteiger partial charge in [-0.1, -0.05) is 6.07 Å². The minimum absolute atomic E-state index is 0.0572. The molecular formula is C16H14N4O3. The fourth-order valence-electron chi connectivity index (χ4n) is 2.10. The Morgan fingerprint density at radius 3 is 2.57 bits per heavy atom. The van der Waals surface area contributed by atoms with Gasteiger partial charge in [-0.2, -0.15) is 5.10 Å². The van der Waals surface area contributed by atoms with Gasteiger partial charge in [0.2, 0.25) is 5.88 Å². The molecule has 0 bridgehead atoms. The number of pyridine rings is 2. The van der Waals surface area contributed by atoms with Gasteiger partial charge in [-0.25, -0.2) is 14.5 Å². The van der Waals surface area contributed by atoms with Gasteiger partial charge >= 0.3 is 5.97 Å². The smallest absolute Gasteiger partial charge is 0.356 e. The number of aryl methyl sites for hydroxylation is 1. The first-order valence-electron chi connectivity index (χ1n) is 6.85.